The van der Waals surface area contributed by atoms with E-state index in [2.05, 4.69) is 27.0 Å². The minimum Gasteiger partial charge on any atom is -0.494 e. The molecule has 29 heavy (non-hydrogen) atoms. The van der Waals surface area contributed by atoms with Crippen molar-refractivity contribution >= 4 is 17.7 Å². The van der Waals surface area contributed by atoms with Crippen LogP contribution in [0.3, 0.4) is 0 Å². The molecular weight excluding hydrogens is 388 g/mol. The lowest BCUT2D eigenvalue weighted by Crippen LogP contribution is -2.25. The summed E-state index contributed by atoms with van der Waals surface area (Å²) in [5.41, 5.74) is 2.11. The van der Waals surface area contributed by atoms with Crippen LogP contribution < -0.4 is 14.8 Å². The third-order valence-electron chi connectivity index (χ3n) is 5.26. The molecule has 8 heteroatoms. The number of fused-ring (bicyclic) bond motifs is 2. The molecule has 1 aromatic heterocycles. The van der Waals surface area contributed by atoms with Gasteiger partial charge in [-0.25, -0.2) is 0 Å². The number of amides is 1. The predicted octanol–water partition coefficient (Wildman–Crippen LogP) is 3.14. The second-order valence-corrected chi connectivity index (χ2v) is 8.50. The second-order valence-electron chi connectivity index (χ2n) is 7.56. The predicted molar refractivity (Wildman–Crippen MR) is 112 cm³/mol. The van der Waals surface area contributed by atoms with Crippen molar-refractivity contribution in [1.29, 1.82) is 0 Å². The van der Waals surface area contributed by atoms with Crippen LogP contribution in [-0.4, -0.2) is 39.1 Å². The quantitative estimate of drug-likeness (QED) is 0.699. The number of carbonyl (C=O) groups is 1. The SMILES string of the molecule is CCOc1cc2c(cc1CNC(=O)CSc1nnc3n1CCCCC3)O[C@@H](C)C2. The van der Waals surface area contributed by atoms with Crippen LogP contribution in [0, 0.1) is 0 Å². The number of hydrogen-bond donors (Lipinski definition) is 1. The largest absolute Gasteiger partial charge is 0.494 e. The summed E-state index contributed by atoms with van der Waals surface area (Å²) in [4.78, 5) is 12.4. The summed E-state index contributed by atoms with van der Waals surface area (Å²) in [5.74, 6) is 3.04. The smallest absolute Gasteiger partial charge is 0.230 e. The Morgan fingerprint density at radius 2 is 2.24 bits per heavy atom. The lowest BCUT2D eigenvalue weighted by molar-refractivity contribution is -0.118. The molecule has 0 saturated heterocycles. The van der Waals surface area contributed by atoms with Gasteiger partial charge in [-0.15, -0.1) is 10.2 Å². The first-order valence-corrected chi connectivity index (χ1v) is 11.4. The molecule has 1 N–H and O–H groups in total. The molecule has 0 aliphatic carbocycles. The van der Waals surface area contributed by atoms with E-state index in [-0.39, 0.29) is 12.0 Å². The average molecular weight is 417 g/mol. The third kappa shape index (κ3) is 4.69. The molecule has 3 heterocycles. The molecule has 0 bridgehead atoms. The highest BCUT2D eigenvalue weighted by molar-refractivity contribution is 7.99. The first kappa shape index (κ1) is 20.1. The van der Waals surface area contributed by atoms with Crippen LogP contribution in [0.1, 0.15) is 50.1 Å². The lowest BCUT2D eigenvalue weighted by Gasteiger charge is -2.13. The standard InChI is InChI=1S/C21H28N4O3S/c1-3-27-17-10-15-9-14(2)28-18(15)11-16(17)12-22-20(26)13-29-21-24-23-19-7-5-4-6-8-25(19)21/h10-11,14H,3-9,12-13H2,1-2H3,(H,22,26)/t14-/m0/s1. The van der Waals surface area contributed by atoms with Gasteiger partial charge < -0.3 is 19.4 Å². The van der Waals surface area contributed by atoms with Gasteiger partial charge in [-0.05, 0) is 38.8 Å². The number of benzene rings is 1. The molecule has 0 radical (unpaired) electrons. The van der Waals surface area contributed by atoms with Gasteiger partial charge in [0.1, 0.15) is 23.4 Å². The topological polar surface area (TPSA) is 78.3 Å². The number of hydrogen-bond acceptors (Lipinski definition) is 6. The van der Waals surface area contributed by atoms with Crippen LogP contribution in [0.4, 0.5) is 0 Å². The summed E-state index contributed by atoms with van der Waals surface area (Å²) in [6.07, 6.45) is 5.57. The molecule has 2 aliphatic heterocycles. The molecule has 2 aromatic rings. The summed E-state index contributed by atoms with van der Waals surface area (Å²) >= 11 is 1.45. The zero-order valence-corrected chi connectivity index (χ0v) is 17.9. The van der Waals surface area contributed by atoms with Crippen LogP contribution in [-0.2, 0) is 30.7 Å². The highest BCUT2D eigenvalue weighted by Crippen LogP contribution is 2.35. The Kier molecular flexibility index (Phi) is 6.28. The fourth-order valence-electron chi connectivity index (χ4n) is 3.85. The molecule has 1 amide bonds. The number of nitrogens with one attached hydrogen (secondary N) is 1. The molecule has 0 saturated carbocycles. The minimum atomic E-state index is -0.0294. The summed E-state index contributed by atoms with van der Waals surface area (Å²) in [7, 11) is 0. The van der Waals surface area contributed by atoms with Gasteiger partial charge in [-0.3, -0.25) is 4.79 Å². The number of aryl methyl sites for hydroxylation is 1. The first-order valence-electron chi connectivity index (χ1n) is 10.4. The number of rotatable bonds is 7. The second kappa shape index (κ2) is 9.07. The number of ether oxygens (including phenoxy) is 2. The summed E-state index contributed by atoms with van der Waals surface area (Å²) in [6, 6.07) is 4.04. The van der Waals surface area contributed by atoms with Gasteiger partial charge in [0.25, 0.3) is 0 Å². The monoisotopic (exact) mass is 416 g/mol. The van der Waals surface area contributed by atoms with Gasteiger partial charge in [-0.1, -0.05) is 18.2 Å². The van der Waals surface area contributed by atoms with E-state index in [0.29, 0.717) is 18.9 Å². The molecule has 2 aliphatic rings. The van der Waals surface area contributed by atoms with Crippen molar-refractivity contribution in [3.63, 3.8) is 0 Å². The molecular formula is C21H28N4O3S. The van der Waals surface area contributed by atoms with E-state index in [1.807, 2.05) is 19.1 Å². The van der Waals surface area contributed by atoms with Crippen molar-refractivity contribution in [2.24, 2.45) is 0 Å². The maximum atomic E-state index is 12.4. The van der Waals surface area contributed by atoms with Gasteiger partial charge >= 0.3 is 0 Å². The van der Waals surface area contributed by atoms with Crippen LogP contribution in [0.5, 0.6) is 11.5 Å². The summed E-state index contributed by atoms with van der Waals surface area (Å²) in [6.45, 7) is 5.97. The molecule has 1 aromatic carbocycles. The van der Waals surface area contributed by atoms with E-state index in [1.54, 1.807) is 0 Å². The Hall–Kier alpha value is -2.22. The Labute approximate surface area is 175 Å². The normalized spacial score (nSPS) is 17.8. The number of aromatic nitrogens is 3. The van der Waals surface area contributed by atoms with Gasteiger partial charge in [0.05, 0.1) is 12.4 Å². The fourth-order valence-corrected chi connectivity index (χ4v) is 4.66. The van der Waals surface area contributed by atoms with E-state index in [1.165, 1.54) is 23.7 Å². The highest BCUT2D eigenvalue weighted by atomic mass is 32.2. The Bertz CT molecular complexity index is 883. The zero-order chi connectivity index (χ0) is 20.2. The van der Waals surface area contributed by atoms with Crippen LogP contribution in [0.2, 0.25) is 0 Å². The van der Waals surface area contributed by atoms with Gasteiger partial charge in [-0.2, -0.15) is 0 Å². The van der Waals surface area contributed by atoms with Gasteiger partial charge in [0.2, 0.25) is 5.91 Å². The average Bonchev–Trinajstić information content (AvgIpc) is 3.17. The molecule has 0 unspecified atom stereocenters. The first-order chi connectivity index (χ1) is 14.1. The minimum absolute atomic E-state index is 0.0294. The maximum Gasteiger partial charge on any atom is 0.230 e. The number of thioether (sulfide) groups is 1. The molecule has 1 atom stereocenters. The van der Waals surface area contributed by atoms with E-state index in [9.17, 15) is 4.79 Å². The lowest BCUT2D eigenvalue weighted by atomic mass is 10.1. The Balaban J connectivity index is 1.35. The zero-order valence-electron chi connectivity index (χ0n) is 17.1. The van der Waals surface area contributed by atoms with Crippen LogP contribution in [0.15, 0.2) is 17.3 Å². The number of carbonyl (C=O) groups excluding carboxylic acids is 1. The Morgan fingerprint density at radius 3 is 3.10 bits per heavy atom. The van der Waals surface area contributed by atoms with Crippen molar-refractivity contribution in [3.8, 4) is 11.5 Å². The van der Waals surface area contributed by atoms with Gasteiger partial charge in [0.15, 0.2) is 5.16 Å². The maximum absolute atomic E-state index is 12.4. The summed E-state index contributed by atoms with van der Waals surface area (Å²) < 4.78 is 13.8. The molecule has 4 rings (SSSR count). The highest BCUT2D eigenvalue weighted by Gasteiger charge is 2.22. The molecule has 0 fully saturated rings. The van der Waals surface area contributed by atoms with Crippen molar-refractivity contribution in [3.05, 3.63) is 29.1 Å². The van der Waals surface area contributed by atoms with Crippen molar-refractivity contribution in [1.82, 2.24) is 20.1 Å². The molecule has 7 nitrogen and oxygen atoms in total. The summed E-state index contributed by atoms with van der Waals surface area (Å²) in [5, 5.41) is 12.4. The third-order valence-corrected chi connectivity index (χ3v) is 6.23. The van der Waals surface area contributed by atoms with Crippen molar-refractivity contribution < 1.29 is 14.3 Å². The van der Waals surface area contributed by atoms with E-state index in [4.69, 9.17) is 9.47 Å². The van der Waals surface area contributed by atoms with Gasteiger partial charge in [0, 0.05) is 37.1 Å². The van der Waals surface area contributed by atoms with E-state index >= 15 is 0 Å². The van der Waals surface area contributed by atoms with E-state index in [0.717, 1.165) is 60.3 Å². The van der Waals surface area contributed by atoms with Crippen LogP contribution in [0.25, 0.3) is 0 Å². The Morgan fingerprint density at radius 1 is 1.34 bits per heavy atom. The number of nitrogens with zero attached hydrogens (tertiary/aromatic N) is 3. The van der Waals surface area contributed by atoms with Crippen LogP contribution >= 0.6 is 11.8 Å². The molecule has 156 valence electrons. The van der Waals surface area contributed by atoms with Crippen molar-refractivity contribution in [2.45, 2.75) is 70.3 Å². The van der Waals surface area contributed by atoms with E-state index < -0.39 is 0 Å². The van der Waals surface area contributed by atoms with Crippen molar-refractivity contribution in [2.75, 3.05) is 12.4 Å². The fraction of sp³-hybridized carbons (Fsp3) is 0.571. The molecule has 0 spiro atoms.